The van der Waals surface area contributed by atoms with Gasteiger partial charge in [0.1, 0.15) is 42.3 Å². The molecule has 21 nitrogen and oxygen atoms in total. The largest absolute Gasteiger partial charge is 0.480 e. The Bertz CT molecular complexity index is 1560. The summed E-state index contributed by atoms with van der Waals surface area (Å²) in [6.07, 6.45) is 1.02. The van der Waals surface area contributed by atoms with Crippen molar-refractivity contribution in [1.82, 2.24) is 36.8 Å². The molecule has 13 N–H and O–H groups in total. The third-order valence-corrected chi connectivity index (χ3v) is 10.6. The predicted molar refractivity (Wildman–Crippen MR) is 219 cm³/mol. The Morgan fingerprint density at radius 1 is 0.633 bits per heavy atom. The molecule has 0 aromatic heterocycles. The van der Waals surface area contributed by atoms with Crippen molar-refractivity contribution in [2.24, 2.45) is 35.0 Å². The highest BCUT2D eigenvalue weighted by atomic mass is 16.4. The number of amides is 9. The number of aliphatic carboxylic acids is 1. The Kier molecular flexibility index (Phi) is 22.2. The summed E-state index contributed by atoms with van der Waals surface area (Å²) in [7, 11) is 0. The van der Waals surface area contributed by atoms with E-state index in [-0.39, 0.29) is 51.0 Å². The first-order valence-electron chi connectivity index (χ1n) is 20.6. The molecule has 0 saturated carbocycles. The fourth-order valence-corrected chi connectivity index (χ4v) is 6.42. The van der Waals surface area contributed by atoms with Gasteiger partial charge in [-0.1, -0.05) is 54.4 Å². The second kappa shape index (κ2) is 25.3. The Morgan fingerprint density at radius 2 is 1.10 bits per heavy atom. The lowest BCUT2D eigenvalue weighted by Crippen LogP contribution is -2.61. The summed E-state index contributed by atoms with van der Waals surface area (Å²) in [6.45, 7) is 13.4. The topological polar surface area (TPSA) is 344 Å². The highest BCUT2D eigenvalue weighted by Crippen LogP contribution is 2.21. The molecule has 10 atom stereocenters. The van der Waals surface area contributed by atoms with Crippen LogP contribution < -0.4 is 49.1 Å². The van der Waals surface area contributed by atoms with Gasteiger partial charge in [-0.15, -0.1) is 0 Å². The smallest absolute Gasteiger partial charge is 0.326 e. The summed E-state index contributed by atoms with van der Waals surface area (Å²) in [5.41, 5.74) is 16.6. The van der Waals surface area contributed by atoms with E-state index in [2.05, 4.69) is 31.9 Å². The van der Waals surface area contributed by atoms with Crippen LogP contribution in [0, 0.1) is 17.8 Å². The zero-order chi connectivity index (χ0) is 46.0. The van der Waals surface area contributed by atoms with Gasteiger partial charge in [0.15, 0.2) is 0 Å². The van der Waals surface area contributed by atoms with E-state index < -0.39 is 119 Å². The molecule has 60 heavy (non-hydrogen) atoms. The summed E-state index contributed by atoms with van der Waals surface area (Å²) >= 11 is 0. The van der Waals surface area contributed by atoms with Gasteiger partial charge in [0, 0.05) is 19.4 Å². The second-order valence-electron chi connectivity index (χ2n) is 16.1. The van der Waals surface area contributed by atoms with Gasteiger partial charge in [-0.05, 0) is 63.7 Å². The van der Waals surface area contributed by atoms with Crippen LogP contribution in [-0.2, 0) is 47.9 Å². The molecule has 0 spiro atoms. The third kappa shape index (κ3) is 17.1. The average Bonchev–Trinajstić information content (AvgIpc) is 3.68. The van der Waals surface area contributed by atoms with Crippen molar-refractivity contribution in [1.29, 1.82) is 0 Å². The first-order chi connectivity index (χ1) is 27.9. The molecule has 1 aliphatic heterocycles. The Hall–Kier alpha value is -5.34. The van der Waals surface area contributed by atoms with Crippen LogP contribution in [0.2, 0.25) is 0 Å². The van der Waals surface area contributed by atoms with Crippen LogP contribution in [0.15, 0.2) is 0 Å². The summed E-state index contributed by atoms with van der Waals surface area (Å²) in [5.74, 6) is -8.71. The lowest BCUT2D eigenvalue weighted by atomic mass is 9.96. The normalized spacial score (nSPS) is 18.2. The maximum atomic E-state index is 13.9. The standard InChI is InChI=1S/C39H68N10O11/c1-9-20(5)30(36(56)44-22(7)32(52)43-23(8)33(53)46-26(39(59)60)18-19(3)4)47-34(54)25(14-16-29(42)51)45-37(57)31(21(6)10-2)48-35(55)27-12-11-17-49(27)38(58)24(40)13-15-28(41)50/h19-27,30-31H,9-18,40H2,1-8H3,(H2,41,50)(H2,42,51)(H,43,52)(H,44,56)(H,45,57)(H,46,53)(H,47,54)(H,48,55)(H,59,60)/t20-,21-,22-,23-,24-,25-,26-,27-,30-,31-/m0/s1. The molecule has 21 heteroatoms. The quantitative estimate of drug-likeness (QED) is 0.0452. The van der Waals surface area contributed by atoms with Crippen LogP contribution in [0.25, 0.3) is 0 Å². The van der Waals surface area contributed by atoms with E-state index in [1.807, 2.05) is 0 Å². The lowest BCUT2D eigenvalue weighted by molar-refractivity contribution is -0.142. The molecule has 1 fully saturated rings. The molecule has 0 unspecified atom stereocenters. The van der Waals surface area contributed by atoms with E-state index in [1.54, 1.807) is 41.5 Å². The van der Waals surface area contributed by atoms with Gasteiger partial charge >= 0.3 is 5.97 Å². The van der Waals surface area contributed by atoms with Crippen molar-refractivity contribution in [2.75, 3.05) is 6.54 Å². The number of nitrogens with zero attached hydrogens (tertiary/aromatic N) is 1. The fourth-order valence-electron chi connectivity index (χ4n) is 6.42. The van der Waals surface area contributed by atoms with E-state index in [0.717, 1.165) is 0 Å². The number of carbonyl (C=O) groups is 10. The van der Waals surface area contributed by atoms with Crippen LogP contribution in [-0.4, -0.2) is 124 Å². The minimum absolute atomic E-state index is 0.00436. The summed E-state index contributed by atoms with van der Waals surface area (Å²) in [5, 5.41) is 24.8. The van der Waals surface area contributed by atoms with Gasteiger partial charge in [-0.2, -0.15) is 0 Å². The van der Waals surface area contributed by atoms with E-state index in [0.29, 0.717) is 19.3 Å². The number of carboxylic acid groups (broad SMARTS) is 1. The summed E-state index contributed by atoms with van der Waals surface area (Å²) in [4.78, 5) is 130. The molecule has 0 aliphatic carbocycles. The first kappa shape index (κ1) is 52.7. The Balaban J connectivity index is 3.17. The number of nitrogens with two attached hydrogens (primary N) is 3. The number of likely N-dealkylation sites (tertiary alicyclic amines) is 1. The van der Waals surface area contributed by atoms with Crippen molar-refractivity contribution in [3.05, 3.63) is 0 Å². The van der Waals surface area contributed by atoms with Gasteiger partial charge in [-0.25, -0.2) is 4.79 Å². The minimum atomic E-state index is -1.41. The minimum Gasteiger partial charge on any atom is -0.480 e. The molecule has 0 bridgehead atoms. The van der Waals surface area contributed by atoms with Crippen molar-refractivity contribution in [2.45, 2.75) is 162 Å². The van der Waals surface area contributed by atoms with Gasteiger partial charge in [0.05, 0.1) is 6.04 Å². The number of carbonyl (C=O) groups excluding carboxylic acids is 9. The number of primary amides is 2. The molecule has 0 aromatic carbocycles. The van der Waals surface area contributed by atoms with Crippen molar-refractivity contribution in [3.63, 3.8) is 0 Å². The Morgan fingerprint density at radius 3 is 1.60 bits per heavy atom. The fraction of sp³-hybridized carbons (Fsp3) is 0.744. The number of hydrogen-bond acceptors (Lipinski definition) is 11. The van der Waals surface area contributed by atoms with Gasteiger partial charge in [0.2, 0.25) is 53.2 Å². The SMILES string of the molecule is CC[C@H](C)[C@H](NC(=O)[C@H](CCC(N)=O)NC(=O)[C@@H](NC(=O)[C@@H]1CCCN1C(=O)[C@@H](N)CCC(N)=O)[C@@H](C)CC)C(=O)N[C@@H](C)C(=O)N[C@@H](C)C(=O)N[C@@H](CC(C)C)C(=O)O. The van der Waals surface area contributed by atoms with Crippen LogP contribution in [0.4, 0.5) is 0 Å². The van der Waals surface area contributed by atoms with E-state index >= 15 is 0 Å². The van der Waals surface area contributed by atoms with E-state index in [4.69, 9.17) is 17.2 Å². The monoisotopic (exact) mass is 853 g/mol. The van der Waals surface area contributed by atoms with Crippen LogP contribution in [0.5, 0.6) is 0 Å². The van der Waals surface area contributed by atoms with Crippen molar-refractivity contribution in [3.8, 4) is 0 Å². The highest BCUT2D eigenvalue weighted by Gasteiger charge is 2.39. The van der Waals surface area contributed by atoms with Crippen molar-refractivity contribution >= 4 is 59.1 Å². The molecule has 9 amide bonds. The zero-order valence-electron chi connectivity index (χ0n) is 36.1. The molecule has 1 saturated heterocycles. The molecule has 1 aliphatic rings. The van der Waals surface area contributed by atoms with E-state index in [1.165, 1.54) is 18.7 Å². The molecule has 0 aromatic rings. The number of hydrogen-bond donors (Lipinski definition) is 10. The molecule has 340 valence electrons. The van der Waals surface area contributed by atoms with Crippen LogP contribution in [0.1, 0.15) is 113 Å². The summed E-state index contributed by atoms with van der Waals surface area (Å²) in [6, 6.07) is -9.43. The zero-order valence-corrected chi connectivity index (χ0v) is 36.1. The number of nitrogens with one attached hydrogen (secondary N) is 6. The van der Waals surface area contributed by atoms with Gasteiger partial charge in [0.25, 0.3) is 0 Å². The second-order valence-corrected chi connectivity index (χ2v) is 16.1. The maximum absolute atomic E-state index is 13.9. The molecular weight excluding hydrogens is 784 g/mol. The molecular formula is C39H68N10O11. The first-order valence-corrected chi connectivity index (χ1v) is 20.6. The summed E-state index contributed by atoms with van der Waals surface area (Å²) < 4.78 is 0. The van der Waals surface area contributed by atoms with E-state index in [9.17, 15) is 53.1 Å². The Labute approximate surface area is 351 Å². The number of carboxylic acids is 1. The maximum Gasteiger partial charge on any atom is 0.326 e. The lowest BCUT2D eigenvalue weighted by Gasteiger charge is -2.31. The highest BCUT2D eigenvalue weighted by molar-refractivity contribution is 5.98. The molecule has 0 radical (unpaired) electrons. The molecule has 1 rings (SSSR count). The predicted octanol–water partition coefficient (Wildman–Crippen LogP) is -1.99. The molecule has 1 heterocycles. The van der Waals surface area contributed by atoms with Gasteiger partial charge < -0.3 is 59.1 Å². The van der Waals surface area contributed by atoms with Crippen molar-refractivity contribution < 1.29 is 53.1 Å². The number of rotatable bonds is 26. The average molecular weight is 853 g/mol. The van der Waals surface area contributed by atoms with Gasteiger partial charge in [-0.3, -0.25) is 43.2 Å². The van der Waals surface area contributed by atoms with Crippen LogP contribution in [0.3, 0.4) is 0 Å². The van der Waals surface area contributed by atoms with Crippen LogP contribution >= 0.6 is 0 Å². The third-order valence-electron chi connectivity index (χ3n) is 10.6.